The van der Waals surface area contributed by atoms with E-state index in [2.05, 4.69) is 24.1 Å². The van der Waals surface area contributed by atoms with Gasteiger partial charge in [0, 0.05) is 18.4 Å². The molecule has 1 heterocycles. The topological polar surface area (TPSA) is 63.8 Å². The maximum absolute atomic E-state index is 5.55. The molecule has 4 heteroatoms. The van der Waals surface area contributed by atoms with Gasteiger partial charge in [0.1, 0.15) is 5.82 Å². The zero-order valence-corrected chi connectivity index (χ0v) is 12.2. The second-order valence-electron chi connectivity index (χ2n) is 5.73. The highest BCUT2D eigenvalue weighted by Crippen LogP contribution is 2.36. The highest BCUT2D eigenvalue weighted by molar-refractivity contribution is 5.48. The van der Waals surface area contributed by atoms with Gasteiger partial charge >= 0.3 is 0 Å². The number of hydrogen-bond acceptors (Lipinski definition) is 4. The lowest BCUT2D eigenvalue weighted by atomic mass is 10.0. The first-order valence-corrected chi connectivity index (χ1v) is 7.53. The van der Waals surface area contributed by atoms with Crippen LogP contribution in [0.15, 0.2) is 6.20 Å². The Labute approximate surface area is 116 Å². The van der Waals surface area contributed by atoms with E-state index in [1.54, 1.807) is 0 Å². The molecule has 106 valence electrons. The van der Waals surface area contributed by atoms with Gasteiger partial charge in [0.05, 0.1) is 17.6 Å². The lowest BCUT2D eigenvalue weighted by molar-refractivity contribution is 0.670. The van der Waals surface area contributed by atoms with Crippen molar-refractivity contribution in [1.82, 2.24) is 9.97 Å². The SMILES string of the molecule is CC(C)c1ncc(NCCCN)c(C2CCCC2)n1. The summed E-state index contributed by atoms with van der Waals surface area (Å²) in [4.78, 5) is 9.31. The van der Waals surface area contributed by atoms with Crippen LogP contribution in [0, 0.1) is 0 Å². The van der Waals surface area contributed by atoms with Crippen LogP contribution in [0.25, 0.3) is 0 Å². The molecule has 0 aromatic carbocycles. The summed E-state index contributed by atoms with van der Waals surface area (Å²) < 4.78 is 0. The number of nitrogens with one attached hydrogen (secondary N) is 1. The molecule has 3 N–H and O–H groups in total. The average molecular weight is 262 g/mol. The van der Waals surface area contributed by atoms with Crippen LogP contribution in [0.5, 0.6) is 0 Å². The summed E-state index contributed by atoms with van der Waals surface area (Å²) in [7, 11) is 0. The van der Waals surface area contributed by atoms with Gasteiger partial charge in [-0.25, -0.2) is 9.97 Å². The van der Waals surface area contributed by atoms with Crippen LogP contribution in [0.4, 0.5) is 5.69 Å². The molecule has 2 rings (SSSR count). The Hall–Kier alpha value is -1.16. The van der Waals surface area contributed by atoms with Crippen LogP contribution in [0.1, 0.15) is 69.3 Å². The highest BCUT2D eigenvalue weighted by Gasteiger charge is 2.22. The van der Waals surface area contributed by atoms with E-state index in [0.717, 1.165) is 31.0 Å². The van der Waals surface area contributed by atoms with Crippen molar-refractivity contribution in [3.63, 3.8) is 0 Å². The molecular weight excluding hydrogens is 236 g/mol. The quantitative estimate of drug-likeness (QED) is 0.773. The van der Waals surface area contributed by atoms with Crippen LogP contribution in [-0.2, 0) is 0 Å². The van der Waals surface area contributed by atoms with E-state index >= 15 is 0 Å². The summed E-state index contributed by atoms with van der Waals surface area (Å²) in [6.45, 7) is 5.92. The van der Waals surface area contributed by atoms with Crippen LogP contribution in [-0.4, -0.2) is 23.1 Å². The first-order chi connectivity index (χ1) is 9.22. The number of nitrogens with two attached hydrogens (primary N) is 1. The standard InChI is InChI=1S/C15H26N4/c1-11(2)15-18-10-13(17-9-5-8-16)14(19-15)12-6-3-4-7-12/h10-12,17H,3-9,16H2,1-2H3. The Kier molecular flexibility index (Phi) is 5.14. The van der Waals surface area contributed by atoms with Gasteiger partial charge in [0.25, 0.3) is 0 Å². The predicted octanol–water partition coefficient (Wildman–Crippen LogP) is 3.02. The molecule has 0 amide bonds. The Morgan fingerprint density at radius 2 is 2.11 bits per heavy atom. The van der Waals surface area contributed by atoms with E-state index in [-0.39, 0.29) is 0 Å². The van der Waals surface area contributed by atoms with E-state index in [9.17, 15) is 0 Å². The van der Waals surface area contributed by atoms with Crippen LogP contribution >= 0.6 is 0 Å². The maximum atomic E-state index is 5.55. The van der Waals surface area contributed by atoms with E-state index in [1.165, 1.54) is 31.4 Å². The zero-order valence-electron chi connectivity index (χ0n) is 12.2. The molecule has 1 saturated carbocycles. The molecule has 0 spiro atoms. The summed E-state index contributed by atoms with van der Waals surface area (Å²) >= 11 is 0. The molecular formula is C15H26N4. The highest BCUT2D eigenvalue weighted by atomic mass is 15.0. The third-order valence-corrected chi connectivity index (χ3v) is 3.79. The second kappa shape index (κ2) is 6.85. The van der Waals surface area contributed by atoms with Crippen molar-refractivity contribution < 1.29 is 0 Å². The van der Waals surface area contributed by atoms with Gasteiger partial charge in [-0.1, -0.05) is 26.7 Å². The molecule has 0 saturated heterocycles. The minimum absolute atomic E-state index is 0.387. The van der Waals surface area contributed by atoms with Crippen molar-refractivity contribution in [3.8, 4) is 0 Å². The molecule has 0 aliphatic heterocycles. The third kappa shape index (κ3) is 3.66. The Morgan fingerprint density at radius 3 is 2.74 bits per heavy atom. The van der Waals surface area contributed by atoms with Crippen molar-refractivity contribution in [3.05, 3.63) is 17.7 Å². The molecule has 1 fully saturated rings. The molecule has 19 heavy (non-hydrogen) atoms. The van der Waals surface area contributed by atoms with Crippen molar-refractivity contribution in [2.24, 2.45) is 5.73 Å². The third-order valence-electron chi connectivity index (χ3n) is 3.79. The normalized spacial score (nSPS) is 16.2. The monoisotopic (exact) mass is 262 g/mol. The molecule has 0 bridgehead atoms. The van der Waals surface area contributed by atoms with Crippen molar-refractivity contribution in [2.45, 2.75) is 57.8 Å². The largest absolute Gasteiger partial charge is 0.382 e. The van der Waals surface area contributed by atoms with E-state index in [0.29, 0.717) is 11.8 Å². The summed E-state index contributed by atoms with van der Waals surface area (Å²) in [5.41, 5.74) is 7.89. The maximum Gasteiger partial charge on any atom is 0.131 e. The van der Waals surface area contributed by atoms with Crippen molar-refractivity contribution in [2.75, 3.05) is 18.4 Å². The molecule has 0 unspecified atom stereocenters. The fraction of sp³-hybridized carbons (Fsp3) is 0.733. The summed E-state index contributed by atoms with van der Waals surface area (Å²) in [6.07, 6.45) is 8.13. The Morgan fingerprint density at radius 1 is 1.37 bits per heavy atom. The van der Waals surface area contributed by atoms with Crippen LogP contribution in [0.3, 0.4) is 0 Å². The van der Waals surface area contributed by atoms with Crippen molar-refractivity contribution >= 4 is 5.69 Å². The van der Waals surface area contributed by atoms with Gasteiger partial charge in [-0.3, -0.25) is 0 Å². The second-order valence-corrected chi connectivity index (χ2v) is 5.73. The molecule has 4 nitrogen and oxygen atoms in total. The smallest absolute Gasteiger partial charge is 0.131 e. The van der Waals surface area contributed by atoms with Crippen LogP contribution in [0.2, 0.25) is 0 Å². The summed E-state index contributed by atoms with van der Waals surface area (Å²) in [5, 5.41) is 3.45. The minimum Gasteiger partial charge on any atom is -0.382 e. The van der Waals surface area contributed by atoms with Crippen LogP contribution < -0.4 is 11.1 Å². The number of nitrogens with zero attached hydrogens (tertiary/aromatic N) is 2. The average Bonchev–Trinajstić information content (AvgIpc) is 2.93. The van der Waals surface area contributed by atoms with Gasteiger partial charge in [-0.15, -0.1) is 0 Å². The van der Waals surface area contributed by atoms with E-state index in [1.807, 2.05) is 6.20 Å². The fourth-order valence-electron chi connectivity index (χ4n) is 2.66. The summed E-state index contributed by atoms with van der Waals surface area (Å²) in [5.74, 6) is 1.96. The lowest BCUT2D eigenvalue weighted by Crippen LogP contribution is -2.13. The Bertz CT molecular complexity index is 397. The molecule has 1 aliphatic rings. The first kappa shape index (κ1) is 14.3. The van der Waals surface area contributed by atoms with E-state index < -0.39 is 0 Å². The van der Waals surface area contributed by atoms with Gasteiger partial charge in [0.2, 0.25) is 0 Å². The molecule has 0 radical (unpaired) electrons. The molecule has 1 aromatic rings. The van der Waals surface area contributed by atoms with Gasteiger partial charge < -0.3 is 11.1 Å². The number of anilines is 1. The zero-order chi connectivity index (χ0) is 13.7. The van der Waals surface area contributed by atoms with Gasteiger partial charge in [-0.2, -0.15) is 0 Å². The fourth-order valence-corrected chi connectivity index (χ4v) is 2.66. The number of aromatic nitrogens is 2. The lowest BCUT2D eigenvalue weighted by Gasteiger charge is -2.17. The van der Waals surface area contributed by atoms with Crippen molar-refractivity contribution in [1.29, 1.82) is 0 Å². The first-order valence-electron chi connectivity index (χ1n) is 7.53. The van der Waals surface area contributed by atoms with Gasteiger partial charge in [0.15, 0.2) is 0 Å². The Balaban J connectivity index is 2.19. The van der Waals surface area contributed by atoms with E-state index in [4.69, 9.17) is 10.7 Å². The minimum atomic E-state index is 0.387. The number of hydrogen-bond donors (Lipinski definition) is 2. The number of rotatable bonds is 6. The molecule has 1 aromatic heterocycles. The molecule has 0 atom stereocenters. The molecule has 1 aliphatic carbocycles. The predicted molar refractivity (Wildman–Crippen MR) is 79.5 cm³/mol. The van der Waals surface area contributed by atoms with Gasteiger partial charge in [-0.05, 0) is 25.8 Å². The summed E-state index contributed by atoms with van der Waals surface area (Å²) in [6, 6.07) is 0.